The van der Waals surface area contributed by atoms with Gasteiger partial charge in [0.25, 0.3) is 46.4 Å². The summed E-state index contributed by atoms with van der Waals surface area (Å²) in [5.74, 6) is -2.09. The summed E-state index contributed by atoms with van der Waals surface area (Å²) < 4.78 is 213. The standard InChI is InChI=1S/C64H60F2N8O13S3.C35H41N3O7S2.CH4/c65-52-31-39(32-53(66)63(52)86-38-58(76)54(11-3-4-26-67)69-64(77)43-8-6-9-44(33-43)70-71-68)7-5-12-57(75)40-22-27-72(28-23-40)88(78,79)61-13-2-1-10-51(61)62-49-18-14-45(73-29-24-41-34-47(89(80,81)82)16-20-55(41)73)36-59(49)87-60-37-46(15-19-50(60)62)74-30-25-42-35-48(90(83,84)85)17-21-56(42)74;1-7-21-36-33(39)16-12-9-13-22-38-30-20-18-26(47(43,44)45)24-28(30)35(4,5)32(38)15-11-8-10-14-31-34(2,3)27-23-25(46(40,41)42)17-19-29(27)37(31)6;/h1-2,6,8-10,13-21,31-37,40,54H,3-5,7,11-12,22-30,38,67H2,(H2-,69,77,80,81,82,83,84,85);1,8,10-11,14-15,17-20,23-24H,9,12-13,16,21-22H2,2-6H3,(H2-,36,39,40,41,42,43,44,45);1H4/p+2/t54-;;/m0../s1. The molecule has 2 amide bonds. The van der Waals surface area contributed by atoms with E-state index in [9.17, 15) is 71.1 Å². The average molecular weight is 1980 g/mol. The molecule has 8 N–H and O–H groups in total. The number of anilines is 3. The Morgan fingerprint density at radius 2 is 1.34 bits per heavy atom. The van der Waals surface area contributed by atoms with Gasteiger partial charge in [-0.3, -0.25) is 37.4 Å². The molecule has 6 aliphatic heterocycles. The quantitative estimate of drug-likeness (QED) is 0.00227. The second kappa shape index (κ2) is 42.3. The molecule has 0 spiro atoms. The van der Waals surface area contributed by atoms with E-state index >= 15 is 17.2 Å². The lowest BCUT2D eigenvalue weighted by Gasteiger charge is -2.31. The molecule has 0 radical (unpaired) electrons. The molecule has 0 bridgehead atoms. The van der Waals surface area contributed by atoms with Gasteiger partial charge in [-0.25, -0.2) is 17.2 Å². The summed E-state index contributed by atoms with van der Waals surface area (Å²) in [5, 5.41) is 10.1. The number of carbonyl (C=O) groups is 4. The van der Waals surface area contributed by atoms with Gasteiger partial charge in [-0.05, 0) is 222 Å². The first kappa shape index (κ1) is 103. The normalized spacial score (nSPS) is 16.2. The molecule has 15 rings (SSSR count). The van der Waals surface area contributed by atoms with Crippen molar-refractivity contribution < 1.29 is 102 Å². The second-order valence-electron chi connectivity index (χ2n) is 35.1. The molecular weight excluding hydrogens is 1870 g/mol. The number of amides is 2. The van der Waals surface area contributed by atoms with Crippen LogP contribution in [0, 0.1) is 29.9 Å². The number of piperidine rings is 1. The molecule has 7 aliphatic rings. The van der Waals surface area contributed by atoms with E-state index in [-0.39, 0.29) is 119 Å². The molecule has 0 aromatic heterocycles. The fourth-order valence-corrected chi connectivity index (χ4v) is 22.3. The van der Waals surface area contributed by atoms with Crippen LogP contribution < -0.4 is 40.8 Å². The van der Waals surface area contributed by atoms with E-state index < -0.39 is 109 Å². The molecule has 724 valence electrons. The minimum absolute atomic E-state index is 0. The number of allylic oxidation sites excluding steroid dienone is 6. The van der Waals surface area contributed by atoms with E-state index in [1.807, 2.05) is 116 Å². The predicted octanol–water partition coefficient (Wildman–Crippen LogP) is 16.1. The molecule has 1 atom stereocenters. The fourth-order valence-electron chi connectivity index (χ4n) is 18.5. The highest BCUT2D eigenvalue weighted by molar-refractivity contribution is 7.89. The topological polar surface area (TPSA) is 457 Å². The van der Waals surface area contributed by atoms with Crippen LogP contribution in [-0.4, -0.2) is 164 Å². The zero-order chi connectivity index (χ0) is 98.4. The molecule has 31 nitrogen and oxygen atoms in total. The Labute approximate surface area is 800 Å². The van der Waals surface area contributed by atoms with Crippen molar-refractivity contribution in [2.75, 3.05) is 69.3 Å². The van der Waals surface area contributed by atoms with Crippen molar-refractivity contribution in [1.82, 2.24) is 19.5 Å². The van der Waals surface area contributed by atoms with Crippen LogP contribution in [0.5, 0.6) is 5.75 Å². The van der Waals surface area contributed by atoms with Crippen molar-refractivity contribution in [3.05, 3.63) is 267 Å². The number of ether oxygens (including phenoxy) is 1. The summed E-state index contributed by atoms with van der Waals surface area (Å²) >= 11 is 0. The van der Waals surface area contributed by atoms with Crippen LogP contribution in [0.15, 0.2) is 240 Å². The molecule has 138 heavy (non-hydrogen) atoms. The zero-order valence-corrected chi connectivity index (χ0v) is 79.7. The van der Waals surface area contributed by atoms with Crippen LogP contribution >= 0.6 is 0 Å². The smallest absolute Gasteiger partial charge is 0.294 e. The summed E-state index contributed by atoms with van der Waals surface area (Å²) in [6.07, 6.45) is 20.6. The van der Waals surface area contributed by atoms with Gasteiger partial charge < -0.3 is 35.3 Å². The first-order valence-corrected chi connectivity index (χ1v) is 51.6. The molecule has 1 saturated heterocycles. The number of carbonyl (C=O) groups excluding carboxylic acids is 4. The molecule has 6 heterocycles. The summed E-state index contributed by atoms with van der Waals surface area (Å²) in [6.45, 7) is 9.45. The number of benzene rings is 9. The highest BCUT2D eigenvalue weighted by Gasteiger charge is 2.45. The average Bonchev–Trinajstić information content (AvgIpc) is 1.35. The van der Waals surface area contributed by atoms with Crippen molar-refractivity contribution in [2.45, 2.75) is 166 Å². The van der Waals surface area contributed by atoms with Crippen LogP contribution in [0.4, 0.5) is 42.9 Å². The fraction of sp³-hybridized carbons (Fsp3) is 0.320. The number of aryl methyl sites for hydroxylation is 1. The SMILES string of the molecule is C.C#CCNC(=O)CCCCCN1\C(=C/C=C/C=C/C2=[N+](C)c3ccc(S(=O)(=O)O)cc3C2(C)C)C(C)(C)c2cc(S(=O)(=O)O)ccc21.[N-]=[N+]=Nc1cccc(C(=O)N[C@@H](CCCCN)C(=O)COc2c(F)cc(CCCC(=O)C3CCN(S(=O)(=O)c4ccccc4-c4c5ccc(=[N+]6CCc7cc(S(=O)(=O)O)ccc76)cc-5oc5cc(N6CCc7cc(S(=O)(=O)O)ccc76)ccc45)CC3)cc2F)c1. The summed E-state index contributed by atoms with van der Waals surface area (Å²) in [6, 6.07) is 42.7. The summed E-state index contributed by atoms with van der Waals surface area (Å²) in [5.41, 5.74) is 24.5. The molecule has 0 unspecified atom stereocenters. The Bertz CT molecular complexity index is 7380. The number of hydrogen-bond acceptors (Lipinski definition) is 20. The third-order valence-electron chi connectivity index (χ3n) is 25.6. The largest absolute Gasteiger partial charge is 0.480 e. The van der Waals surface area contributed by atoms with E-state index in [0.717, 1.165) is 70.3 Å². The first-order chi connectivity index (χ1) is 65.0. The number of rotatable bonds is 34. The minimum atomic E-state index is -4.45. The van der Waals surface area contributed by atoms with Gasteiger partial charge in [0.2, 0.25) is 32.7 Å². The highest BCUT2D eigenvalue weighted by atomic mass is 32.2. The van der Waals surface area contributed by atoms with Gasteiger partial charge in [-0.1, -0.05) is 87.3 Å². The molecule has 8 aromatic carbocycles. The molecule has 38 heteroatoms. The number of nitrogens with zero attached hydrogens (tertiary/aromatic N) is 8. The van der Waals surface area contributed by atoms with Gasteiger partial charge in [0.15, 0.2) is 35.4 Å². The highest BCUT2D eigenvalue weighted by Crippen LogP contribution is 2.50. The number of nitrogens with one attached hydrogen (secondary N) is 2. The lowest BCUT2D eigenvalue weighted by molar-refractivity contribution is -0.401. The zero-order valence-electron chi connectivity index (χ0n) is 75.6. The van der Waals surface area contributed by atoms with Crippen LogP contribution in [-0.2, 0) is 95.0 Å². The Morgan fingerprint density at radius 3 is 2.02 bits per heavy atom. The lowest BCUT2D eigenvalue weighted by Crippen LogP contribution is -2.43. The third kappa shape index (κ3) is 22.6. The number of terminal acetylenes is 1. The van der Waals surface area contributed by atoms with Crippen LogP contribution in [0.2, 0.25) is 0 Å². The second-order valence-corrected chi connectivity index (χ2v) is 42.7. The lowest BCUT2D eigenvalue weighted by atomic mass is 9.81. The Balaban J connectivity index is 0.000000282. The monoisotopic (exact) mass is 1980 g/mol. The van der Waals surface area contributed by atoms with Crippen molar-refractivity contribution in [3.63, 3.8) is 0 Å². The van der Waals surface area contributed by atoms with Crippen molar-refractivity contribution in [1.29, 1.82) is 0 Å². The van der Waals surface area contributed by atoms with Crippen molar-refractivity contribution >= 4 is 125 Å². The summed E-state index contributed by atoms with van der Waals surface area (Å²) in [7, 11) is -19.9. The molecule has 1 aliphatic carbocycles. The molecule has 8 aromatic rings. The van der Waals surface area contributed by atoms with E-state index in [1.54, 1.807) is 48.5 Å². The van der Waals surface area contributed by atoms with Crippen LogP contribution in [0.25, 0.3) is 43.9 Å². The number of unbranched alkanes of at least 4 members (excludes halogenated alkanes) is 3. The minimum Gasteiger partial charge on any atom is -0.480 e. The van der Waals surface area contributed by atoms with Crippen molar-refractivity contribution in [3.8, 4) is 40.5 Å². The Morgan fingerprint density at radius 1 is 0.681 bits per heavy atom. The molecule has 0 saturated carbocycles. The number of fused-ring (bicyclic) bond motifs is 6. The maximum absolute atomic E-state index is 15.5. The number of Topliss-reactive ketones (excluding diaryl/α,β-unsaturated/α-hetero) is 2. The van der Waals surface area contributed by atoms with Gasteiger partial charge in [0.1, 0.15) is 30.8 Å². The maximum Gasteiger partial charge on any atom is 0.294 e. The van der Waals surface area contributed by atoms with Gasteiger partial charge >= 0.3 is 0 Å². The van der Waals surface area contributed by atoms with Gasteiger partial charge in [-0.2, -0.15) is 47.1 Å². The molecule has 1 fully saturated rings. The van der Waals surface area contributed by atoms with Gasteiger partial charge in [0, 0.05) is 159 Å². The third-order valence-corrected chi connectivity index (χ3v) is 30.9. The van der Waals surface area contributed by atoms with Gasteiger partial charge in [-0.15, -0.1) is 6.42 Å². The number of azide groups is 1. The maximum atomic E-state index is 15.5. The Kier molecular flexibility index (Phi) is 31.5. The number of hydrogen-bond donors (Lipinski definition) is 7. The van der Waals surface area contributed by atoms with Crippen LogP contribution in [0.3, 0.4) is 0 Å². The van der Waals surface area contributed by atoms with Crippen LogP contribution in [0.1, 0.15) is 144 Å². The number of halogens is 2. The first-order valence-electron chi connectivity index (χ1n) is 44.4. The summed E-state index contributed by atoms with van der Waals surface area (Å²) in [4.78, 5) is 58.2. The van der Waals surface area contributed by atoms with E-state index in [0.29, 0.717) is 120 Å². The van der Waals surface area contributed by atoms with Crippen molar-refractivity contribution in [2.24, 2.45) is 16.8 Å². The number of nitrogens with two attached hydrogens (primary N) is 1. The van der Waals surface area contributed by atoms with E-state index in [1.165, 1.54) is 77.1 Å². The molecular formula is C100H107F2N11O20S5+2. The van der Waals surface area contributed by atoms with Gasteiger partial charge in [0.05, 0.1) is 48.5 Å². The van der Waals surface area contributed by atoms with E-state index in [4.69, 9.17) is 26.8 Å². The number of ketones is 2. The predicted molar refractivity (Wildman–Crippen MR) is 521 cm³/mol. The number of sulfonamides is 1. The Hall–Kier alpha value is -12.7. The van der Waals surface area contributed by atoms with E-state index in [2.05, 4.69) is 31.5 Å².